The van der Waals surface area contributed by atoms with Crippen LogP contribution in [0.4, 0.5) is 0 Å². The van der Waals surface area contributed by atoms with Crippen molar-refractivity contribution in [3.63, 3.8) is 0 Å². The van der Waals surface area contributed by atoms with E-state index in [0.717, 1.165) is 16.9 Å². The zero-order chi connectivity index (χ0) is 57.1. The molecule has 9 amide bonds. The van der Waals surface area contributed by atoms with Crippen LogP contribution in [0.15, 0.2) is 42.5 Å². The first-order valence-corrected chi connectivity index (χ1v) is 28.0. The SMILES string of the molecule is CCCNC(=O)[C@]1(NC(=O)[C@H](C)[C@@H](OC)[C@@H]2CCCN2C(=O)C[C@@H](OC)[C@H]([C@@H](C)CC)N(C)[C@H](C(=O)NC(=O)[C@H](C(C)C)N(C)CCCC(=O)NNC(=O)CCCCCN2C(=O)C=CC2=O)C(C)C)C[C@@H]1c1ccccc1. The van der Waals surface area contributed by atoms with Crippen molar-refractivity contribution in [3.05, 3.63) is 48.0 Å². The fraction of sp³-hybridized carbons (Fsp3) is 0.702. The summed E-state index contributed by atoms with van der Waals surface area (Å²) < 4.78 is 12.2. The molecule has 1 saturated carbocycles. The Morgan fingerprint density at radius 2 is 1.39 bits per heavy atom. The molecule has 0 unspecified atom stereocenters. The van der Waals surface area contributed by atoms with E-state index in [2.05, 4.69) is 33.7 Å². The van der Waals surface area contributed by atoms with Crippen LogP contribution in [0.3, 0.4) is 0 Å². The van der Waals surface area contributed by atoms with E-state index in [1.807, 2.05) is 88.7 Å². The van der Waals surface area contributed by atoms with Gasteiger partial charge in [0.15, 0.2) is 0 Å². The molecule has 0 bridgehead atoms. The van der Waals surface area contributed by atoms with Gasteiger partial charge in [-0.3, -0.25) is 74.0 Å². The second-order valence-corrected chi connectivity index (χ2v) is 22.1. The second-order valence-electron chi connectivity index (χ2n) is 22.1. The zero-order valence-electron chi connectivity index (χ0n) is 48.0. The van der Waals surface area contributed by atoms with Crippen molar-refractivity contribution in [2.24, 2.45) is 23.7 Å². The lowest BCUT2D eigenvalue weighted by Gasteiger charge is -2.43. The normalized spacial score (nSPS) is 20.9. The second kappa shape index (κ2) is 30.5. The molecule has 20 heteroatoms. The summed E-state index contributed by atoms with van der Waals surface area (Å²) >= 11 is 0. The third kappa shape index (κ3) is 17.2. The molecule has 1 aliphatic carbocycles. The van der Waals surface area contributed by atoms with E-state index in [1.165, 1.54) is 12.2 Å². The third-order valence-electron chi connectivity index (χ3n) is 15.8. The first kappa shape index (κ1) is 64.0. The van der Waals surface area contributed by atoms with Gasteiger partial charge >= 0.3 is 0 Å². The molecule has 2 fully saturated rings. The molecule has 2 heterocycles. The smallest absolute Gasteiger partial charge is 0.253 e. The first-order valence-electron chi connectivity index (χ1n) is 28.0. The molecule has 1 aromatic rings. The number of nitrogens with zero attached hydrogens (tertiary/aromatic N) is 4. The molecule has 20 nitrogen and oxygen atoms in total. The molecule has 0 radical (unpaired) electrons. The van der Waals surface area contributed by atoms with Gasteiger partial charge in [0, 0.05) is 70.8 Å². The number of hydrazine groups is 1. The Morgan fingerprint density at radius 1 is 0.779 bits per heavy atom. The number of likely N-dealkylation sites (tertiary alicyclic amines) is 1. The minimum absolute atomic E-state index is 0.00802. The van der Waals surface area contributed by atoms with Crippen LogP contribution in [0.5, 0.6) is 0 Å². The highest BCUT2D eigenvalue weighted by Crippen LogP contribution is 2.52. The van der Waals surface area contributed by atoms with Crippen LogP contribution in [0.25, 0.3) is 0 Å². The topological polar surface area (TPSA) is 245 Å². The summed E-state index contributed by atoms with van der Waals surface area (Å²) in [5.41, 5.74) is 4.74. The molecule has 4 rings (SSSR count). The summed E-state index contributed by atoms with van der Waals surface area (Å²) in [6.45, 7) is 17.0. The van der Waals surface area contributed by atoms with E-state index in [-0.39, 0.29) is 84.9 Å². The Labute approximate surface area is 457 Å². The summed E-state index contributed by atoms with van der Waals surface area (Å²) in [4.78, 5) is 126. The number of carbonyl (C=O) groups excluding carboxylic acids is 9. The maximum Gasteiger partial charge on any atom is 0.253 e. The van der Waals surface area contributed by atoms with Crippen molar-refractivity contribution in [3.8, 4) is 0 Å². The Hall–Kier alpha value is -5.57. The Morgan fingerprint density at radius 3 is 1.96 bits per heavy atom. The number of ether oxygens (including phenoxy) is 2. The number of methoxy groups -OCH3 is 2. The van der Waals surface area contributed by atoms with Gasteiger partial charge < -0.3 is 25.0 Å². The number of hydrogen-bond acceptors (Lipinski definition) is 13. The lowest BCUT2D eigenvalue weighted by molar-refractivity contribution is -0.145. The minimum atomic E-state index is -1.09. The fourth-order valence-corrected chi connectivity index (χ4v) is 11.4. The number of unbranched alkanes of at least 4 members (excludes halogenated alkanes) is 2. The predicted molar refractivity (Wildman–Crippen MR) is 292 cm³/mol. The van der Waals surface area contributed by atoms with Gasteiger partial charge in [-0.1, -0.05) is 98.6 Å². The van der Waals surface area contributed by atoms with Gasteiger partial charge in [0.2, 0.25) is 41.4 Å². The number of likely N-dealkylation sites (N-methyl/N-ethyl adjacent to an activating group) is 2. The van der Waals surface area contributed by atoms with Crippen LogP contribution in [-0.2, 0) is 52.6 Å². The molecule has 0 spiro atoms. The first-order chi connectivity index (χ1) is 36.6. The van der Waals surface area contributed by atoms with Crippen LogP contribution in [0, 0.1) is 23.7 Å². The van der Waals surface area contributed by atoms with Crippen molar-refractivity contribution in [2.75, 3.05) is 54.5 Å². The molecule has 3 aliphatic rings. The highest BCUT2D eigenvalue weighted by molar-refractivity contribution is 6.12. The maximum atomic E-state index is 14.6. The van der Waals surface area contributed by atoms with Gasteiger partial charge in [0.25, 0.3) is 11.8 Å². The molecule has 2 aliphatic heterocycles. The van der Waals surface area contributed by atoms with Crippen molar-refractivity contribution in [2.45, 2.75) is 180 Å². The number of nitrogens with one attached hydrogen (secondary N) is 5. The maximum absolute atomic E-state index is 14.6. The number of imide groups is 2. The molecule has 5 N–H and O–H groups in total. The quantitative estimate of drug-likeness (QED) is 0.0390. The van der Waals surface area contributed by atoms with Crippen LogP contribution in [0.1, 0.15) is 144 Å². The number of benzene rings is 1. The lowest BCUT2D eigenvalue weighted by atomic mass is 9.87. The minimum Gasteiger partial charge on any atom is -0.379 e. The van der Waals surface area contributed by atoms with E-state index >= 15 is 0 Å². The van der Waals surface area contributed by atoms with E-state index in [0.29, 0.717) is 71.0 Å². The van der Waals surface area contributed by atoms with Crippen molar-refractivity contribution in [1.82, 2.24) is 46.4 Å². The van der Waals surface area contributed by atoms with Crippen LogP contribution >= 0.6 is 0 Å². The number of hydrogen-bond donors (Lipinski definition) is 5. The summed E-state index contributed by atoms with van der Waals surface area (Å²) in [5.74, 6) is -4.50. The lowest BCUT2D eigenvalue weighted by Crippen LogP contribution is -2.60. The van der Waals surface area contributed by atoms with Crippen LogP contribution < -0.4 is 26.8 Å². The van der Waals surface area contributed by atoms with E-state index in [1.54, 1.807) is 33.1 Å². The molecule has 10 atom stereocenters. The van der Waals surface area contributed by atoms with Gasteiger partial charge in [-0.05, 0) is 88.9 Å². The van der Waals surface area contributed by atoms with Crippen LogP contribution in [-0.4, -0.2) is 169 Å². The molecule has 430 valence electrons. The van der Waals surface area contributed by atoms with E-state index in [4.69, 9.17) is 9.47 Å². The summed E-state index contributed by atoms with van der Waals surface area (Å²) in [6.07, 6.45) is 6.70. The van der Waals surface area contributed by atoms with E-state index < -0.39 is 65.6 Å². The largest absolute Gasteiger partial charge is 0.379 e. The van der Waals surface area contributed by atoms with Gasteiger partial charge in [-0.2, -0.15) is 0 Å². The van der Waals surface area contributed by atoms with Crippen molar-refractivity contribution >= 4 is 53.2 Å². The fourth-order valence-electron chi connectivity index (χ4n) is 11.4. The predicted octanol–water partition coefficient (Wildman–Crippen LogP) is 3.99. The van der Waals surface area contributed by atoms with Crippen molar-refractivity contribution < 1.29 is 52.6 Å². The standard InChI is InChI=1S/C57H91N9O11/c1-13-30-58-56(75)57(35-41(57)40-23-17-15-18-24-40)60-53(72)39(8)52(77-12)42-25-21-33-65(42)48(71)34-43(76-11)51(38(7)14-2)64(10)50(37(5)6)55(74)59-54(73)49(36(3)4)63(9)31-22-27-45(68)62-61-44(67)26-19-16-20-32-66-46(69)28-29-47(66)70/h15,17-18,23-24,28-29,36-39,41-43,49-52H,13-14,16,19-22,25-27,30-35H2,1-12H3,(H,58,75)(H,60,72)(H,61,67)(H,62,68)(H,59,73,74)/t38-,39+,41+,42-,43+,49-,50-,51-,52+,57-/m0/s1. The Kier molecular flexibility index (Phi) is 25.4. The highest BCUT2D eigenvalue weighted by atomic mass is 16.5. The molecule has 1 aromatic carbocycles. The van der Waals surface area contributed by atoms with E-state index in [9.17, 15) is 43.2 Å². The monoisotopic (exact) mass is 1080 g/mol. The molecular formula is C57H91N9O11. The molecule has 0 aromatic heterocycles. The number of amides is 9. The van der Waals surface area contributed by atoms with Crippen LogP contribution in [0.2, 0.25) is 0 Å². The average Bonchev–Trinajstić information content (AvgIpc) is 3.79. The average molecular weight is 1080 g/mol. The van der Waals surface area contributed by atoms with Gasteiger partial charge in [-0.25, -0.2) is 0 Å². The molecule has 1 saturated heterocycles. The third-order valence-corrected chi connectivity index (χ3v) is 15.8. The Bertz CT molecular complexity index is 2190. The van der Waals surface area contributed by atoms with Gasteiger partial charge in [0.05, 0.1) is 42.7 Å². The molecular weight excluding hydrogens is 987 g/mol. The highest BCUT2D eigenvalue weighted by Gasteiger charge is 2.62. The Balaban J connectivity index is 1.35. The summed E-state index contributed by atoms with van der Waals surface area (Å²) in [7, 11) is 6.71. The number of carbonyl (C=O) groups is 9. The number of rotatable bonds is 32. The molecule has 77 heavy (non-hydrogen) atoms. The summed E-state index contributed by atoms with van der Waals surface area (Å²) in [6, 6.07) is 7.36. The zero-order valence-corrected chi connectivity index (χ0v) is 48.0. The van der Waals surface area contributed by atoms with Gasteiger partial charge in [0.1, 0.15) is 5.54 Å². The summed E-state index contributed by atoms with van der Waals surface area (Å²) in [5, 5.41) is 8.84. The van der Waals surface area contributed by atoms with Crippen molar-refractivity contribution in [1.29, 1.82) is 0 Å². The van der Waals surface area contributed by atoms with Gasteiger partial charge in [-0.15, -0.1) is 0 Å².